The Hall–Kier alpha value is -1.84. The van der Waals surface area contributed by atoms with Gasteiger partial charge in [0.2, 0.25) is 5.97 Å². The molecule has 0 aliphatic carbocycles. The van der Waals surface area contributed by atoms with Gasteiger partial charge in [0, 0.05) is 5.56 Å². The third-order valence-electron chi connectivity index (χ3n) is 1.64. The number of aliphatic imine (C=N–C) groups is 2. The average molecular weight is 176 g/mol. The maximum Gasteiger partial charge on any atom is 0.370 e. The molecule has 1 heterocycles. The van der Waals surface area contributed by atoms with Crippen molar-refractivity contribution >= 4 is 17.7 Å². The van der Waals surface area contributed by atoms with Crippen molar-refractivity contribution < 1.29 is 9.18 Å². The van der Waals surface area contributed by atoms with Crippen molar-refractivity contribution in [3.05, 3.63) is 35.9 Å². The first kappa shape index (κ1) is 7.79. The Bertz CT molecular complexity index is 409. The number of amides is 2. The summed E-state index contributed by atoms with van der Waals surface area (Å²) in [5.74, 6) is -0.809. The number of carbonyl (C=O) groups excluding carboxylic acids is 1. The van der Waals surface area contributed by atoms with Crippen molar-refractivity contribution in [2.75, 3.05) is 0 Å². The molecule has 0 bridgehead atoms. The highest BCUT2D eigenvalue weighted by Gasteiger charge is 2.20. The highest BCUT2D eigenvalue weighted by atomic mass is 19.1. The molecular weight excluding hydrogens is 171 g/mol. The number of hydrogen-bond acceptors (Lipinski definition) is 1. The van der Waals surface area contributed by atoms with E-state index < -0.39 is 12.0 Å². The molecule has 0 atom stereocenters. The monoisotopic (exact) mass is 176 g/mol. The van der Waals surface area contributed by atoms with Crippen LogP contribution >= 0.6 is 0 Å². The van der Waals surface area contributed by atoms with Crippen LogP contribution in [-0.2, 0) is 0 Å². The highest BCUT2D eigenvalue weighted by Crippen LogP contribution is 2.09. The predicted molar refractivity (Wildman–Crippen MR) is 46.9 cm³/mol. The summed E-state index contributed by atoms with van der Waals surface area (Å²) in [6.07, 6.45) is 0. The molecule has 0 saturated heterocycles. The Balaban J connectivity index is 2.45. The van der Waals surface area contributed by atoms with Gasteiger partial charge < -0.3 is 0 Å². The molecule has 0 radical (unpaired) electrons. The molecule has 1 aliphatic rings. The lowest BCUT2D eigenvalue weighted by Gasteiger charge is -1.95. The molecule has 2 amide bonds. The van der Waals surface area contributed by atoms with Crippen LogP contribution in [-0.4, -0.2) is 17.7 Å². The van der Waals surface area contributed by atoms with Gasteiger partial charge in [-0.2, -0.15) is 14.4 Å². The number of nitrogens with zero attached hydrogens (tertiary/aromatic N) is 2. The summed E-state index contributed by atoms with van der Waals surface area (Å²) in [6.45, 7) is 0. The third-order valence-corrected chi connectivity index (χ3v) is 1.64. The van der Waals surface area contributed by atoms with Crippen molar-refractivity contribution in [2.24, 2.45) is 9.98 Å². The smallest absolute Gasteiger partial charge is 0.244 e. The second-order valence-electron chi connectivity index (χ2n) is 2.51. The molecule has 0 fully saturated rings. The zero-order valence-corrected chi connectivity index (χ0v) is 6.57. The van der Waals surface area contributed by atoms with Gasteiger partial charge in [0.1, 0.15) is 5.71 Å². The van der Waals surface area contributed by atoms with Gasteiger partial charge in [-0.1, -0.05) is 30.3 Å². The summed E-state index contributed by atoms with van der Waals surface area (Å²) in [5, 5.41) is 0. The molecule has 64 valence electrons. The number of hydrogen-bond donors (Lipinski definition) is 0. The molecule has 0 spiro atoms. The summed E-state index contributed by atoms with van der Waals surface area (Å²) < 4.78 is 12.9. The second-order valence-corrected chi connectivity index (χ2v) is 2.51. The minimum atomic E-state index is -0.809. The van der Waals surface area contributed by atoms with Gasteiger partial charge >= 0.3 is 6.03 Å². The lowest BCUT2D eigenvalue weighted by molar-refractivity contribution is 0.257. The zero-order chi connectivity index (χ0) is 9.26. The van der Waals surface area contributed by atoms with Gasteiger partial charge in [0.25, 0.3) is 0 Å². The van der Waals surface area contributed by atoms with E-state index in [2.05, 4.69) is 9.98 Å². The number of halogens is 1. The number of rotatable bonds is 1. The van der Waals surface area contributed by atoms with Gasteiger partial charge in [0.15, 0.2) is 0 Å². The van der Waals surface area contributed by atoms with E-state index in [-0.39, 0.29) is 5.71 Å². The van der Waals surface area contributed by atoms with E-state index in [1.165, 1.54) is 0 Å². The maximum absolute atomic E-state index is 12.9. The molecule has 4 heteroatoms. The molecule has 1 aliphatic heterocycles. The lowest BCUT2D eigenvalue weighted by atomic mass is 10.1. The van der Waals surface area contributed by atoms with Gasteiger partial charge in [-0.15, -0.1) is 0 Å². The summed E-state index contributed by atoms with van der Waals surface area (Å²) in [5.41, 5.74) is 0.584. The molecule has 0 N–H and O–H groups in total. The fourth-order valence-corrected chi connectivity index (χ4v) is 1.08. The molecule has 0 aromatic heterocycles. The molecule has 3 nitrogen and oxygen atoms in total. The quantitative estimate of drug-likeness (QED) is 0.645. The molecule has 1 aromatic carbocycles. The van der Waals surface area contributed by atoms with E-state index in [1.54, 1.807) is 30.3 Å². The molecule has 0 unspecified atom stereocenters. The van der Waals surface area contributed by atoms with Crippen molar-refractivity contribution in [3.8, 4) is 0 Å². The maximum atomic E-state index is 12.9. The van der Waals surface area contributed by atoms with Crippen LogP contribution in [0.1, 0.15) is 5.56 Å². The van der Waals surface area contributed by atoms with Crippen molar-refractivity contribution in [3.63, 3.8) is 0 Å². The number of urea groups is 1. The van der Waals surface area contributed by atoms with Crippen molar-refractivity contribution in [2.45, 2.75) is 0 Å². The van der Waals surface area contributed by atoms with Crippen molar-refractivity contribution in [1.29, 1.82) is 0 Å². The van der Waals surface area contributed by atoms with Crippen LogP contribution in [0.2, 0.25) is 0 Å². The fourth-order valence-electron chi connectivity index (χ4n) is 1.08. The molecule has 0 saturated carbocycles. The topological polar surface area (TPSA) is 41.8 Å². The summed E-state index contributed by atoms with van der Waals surface area (Å²) in [4.78, 5) is 17.1. The standard InChI is InChI=1S/C9H5FN2O/c10-8-7(11-9(13)12-8)6-4-2-1-3-5-6/h1-5H. The minimum Gasteiger partial charge on any atom is -0.244 e. The van der Waals surface area contributed by atoms with E-state index in [9.17, 15) is 9.18 Å². The van der Waals surface area contributed by atoms with Crippen LogP contribution in [0.25, 0.3) is 0 Å². The molecule has 2 rings (SSSR count). The third kappa shape index (κ3) is 1.38. The normalized spacial score (nSPS) is 15.6. The van der Waals surface area contributed by atoms with Crippen LogP contribution < -0.4 is 0 Å². The van der Waals surface area contributed by atoms with Gasteiger partial charge in [0.05, 0.1) is 0 Å². The Labute approximate surface area is 73.6 Å². The molecular formula is C9H5FN2O. The van der Waals surface area contributed by atoms with Gasteiger partial charge in [-0.3, -0.25) is 0 Å². The van der Waals surface area contributed by atoms with Crippen LogP contribution in [0, 0.1) is 0 Å². The van der Waals surface area contributed by atoms with Crippen LogP contribution in [0.15, 0.2) is 40.3 Å². The second kappa shape index (κ2) is 2.90. The van der Waals surface area contributed by atoms with Gasteiger partial charge in [-0.25, -0.2) is 4.79 Å². The SMILES string of the molecule is O=C1N=C(F)C(c2ccccc2)=N1. The summed E-state index contributed by atoms with van der Waals surface area (Å²) in [6, 6.07) is 7.85. The van der Waals surface area contributed by atoms with Crippen LogP contribution in [0.3, 0.4) is 0 Å². The first-order chi connectivity index (χ1) is 6.27. The van der Waals surface area contributed by atoms with Crippen LogP contribution in [0.5, 0.6) is 0 Å². The Morgan fingerprint density at radius 3 is 2.31 bits per heavy atom. The zero-order valence-electron chi connectivity index (χ0n) is 6.57. The highest BCUT2D eigenvalue weighted by molar-refractivity contribution is 6.50. The van der Waals surface area contributed by atoms with E-state index in [0.717, 1.165) is 0 Å². The van der Waals surface area contributed by atoms with Gasteiger partial charge in [-0.05, 0) is 0 Å². The van der Waals surface area contributed by atoms with E-state index in [0.29, 0.717) is 5.56 Å². The van der Waals surface area contributed by atoms with E-state index in [4.69, 9.17) is 0 Å². The Morgan fingerprint density at radius 2 is 1.77 bits per heavy atom. The molecule has 13 heavy (non-hydrogen) atoms. The summed E-state index contributed by atoms with van der Waals surface area (Å²) >= 11 is 0. The fraction of sp³-hybridized carbons (Fsp3) is 0. The Kier molecular flexibility index (Phi) is 1.73. The average Bonchev–Trinajstić information content (AvgIpc) is 2.47. The first-order valence-corrected chi connectivity index (χ1v) is 3.70. The summed E-state index contributed by atoms with van der Waals surface area (Å²) in [7, 11) is 0. The predicted octanol–water partition coefficient (Wildman–Crippen LogP) is 1.98. The lowest BCUT2D eigenvalue weighted by Crippen LogP contribution is -2.06. The van der Waals surface area contributed by atoms with Crippen LogP contribution in [0.4, 0.5) is 9.18 Å². The minimum absolute atomic E-state index is 0.0191. The number of carbonyl (C=O) groups is 1. The molecule has 1 aromatic rings. The number of benzene rings is 1. The van der Waals surface area contributed by atoms with Crippen molar-refractivity contribution in [1.82, 2.24) is 0 Å². The Morgan fingerprint density at radius 1 is 1.08 bits per heavy atom. The first-order valence-electron chi connectivity index (χ1n) is 3.70. The largest absolute Gasteiger partial charge is 0.370 e. The van der Waals surface area contributed by atoms with E-state index >= 15 is 0 Å². The van der Waals surface area contributed by atoms with E-state index in [1.807, 2.05) is 0 Å².